The van der Waals surface area contributed by atoms with Gasteiger partial charge in [0.25, 0.3) is 0 Å². The Morgan fingerprint density at radius 1 is 0.897 bits per heavy atom. The zero-order valence-corrected chi connectivity index (χ0v) is 18.3. The van der Waals surface area contributed by atoms with Crippen molar-refractivity contribution >= 4 is 10.9 Å². The fraction of sp³-hybridized carbons (Fsp3) is 0.692. The van der Waals surface area contributed by atoms with Crippen molar-refractivity contribution in [2.45, 2.75) is 95.4 Å². The number of rotatable bonds is 9. The Morgan fingerprint density at radius 2 is 1.62 bits per heavy atom. The number of hydrogen-bond acceptors (Lipinski definition) is 2. The third-order valence-corrected chi connectivity index (χ3v) is 7.34. The highest BCUT2D eigenvalue weighted by Crippen LogP contribution is 2.37. The molecule has 0 radical (unpaired) electrons. The van der Waals surface area contributed by atoms with Crippen LogP contribution in [0, 0.1) is 0 Å². The zero-order chi connectivity index (χ0) is 19.9. The summed E-state index contributed by atoms with van der Waals surface area (Å²) >= 11 is 0. The maximum absolute atomic E-state index is 5.60. The van der Waals surface area contributed by atoms with Gasteiger partial charge in [0.1, 0.15) is 0 Å². The summed E-state index contributed by atoms with van der Waals surface area (Å²) in [7, 11) is 0. The Bertz CT molecular complexity index is 751. The van der Waals surface area contributed by atoms with Crippen molar-refractivity contribution in [2.24, 2.45) is 5.73 Å². The van der Waals surface area contributed by atoms with E-state index in [1.165, 1.54) is 82.6 Å². The molecular weight excluding hydrogens is 354 g/mol. The molecule has 1 aromatic heterocycles. The monoisotopic (exact) mass is 395 g/mol. The minimum Gasteiger partial charge on any atom is -0.344 e. The van der Waals surface area contributed by atoms with E-state index in [2.05, 4.69) is 34.3 Å². The number of aryl methyl sites for hydroxylation is 1. The summed E-state index contributed by atoms with van der Waals surface area (Å²) in [6.07, 6.45) is 19.9. The highest BCUT2D eigenvalue weighted by molar-refractivity contribution is 5.85. The molecule has 0 atom stereocenters. The highest BCUT2D eigenvalue weighted by Gasteiger charge is 2.21. The van der Waals surface area contributed by atoms with E-state index < -0.39 is 0 Å². The van der Waals surface area contributed by atoms with Crippen LogP contribution >= 0.6 is 0 Å². The lowest BCUT2D eigenvalue weighted by Gasteiger charge is -2.25. The van der Waals surface area contributed by atoms with Crippen LogP contribution in [0.5, 0.6) is 0 Å². The molecule has 3 heteroatoms. The Labute approximate surface area is 177 Å². The van der Waals surface area contributed by atoms with Gasteiger partial charge >= 0.3 is 0 Å². The van der Waals surface area contributed by atoms with Crippen LogP contribution in [0.1, 0.15) is 100 Å². The van der Waals surface area contributed by atoms with Gasteiger partial charge in [0.05, 0.1) is 0 Å². The molecule has 2 aliphatic rings. The van der Waals surface area contributed by atoms with Crippen molar-refractivity contribution in [1.82, 2.24) is 9.88 Å². The van der Waals surface area contributed by atoms with E-state index in [9.17, 15) is 0 Å². The maximum atomic E-state index is 5.60. The Balaban J connectivity index is 1.54. The summed E-state index contributed by atoms with van der Waals surface area (Å²) in [6.45, 7) is 2.93. The van der Waals surface area contributed by atoms with Crippen LogP contribution in [0.4, 0.5) is 0 Å². The molecule has 3 N–H and O–H groups in total. The molecule has 2 fully saturated rings. The average Bonchev–Trinajstić information content (AvgIpc) is 3.15. The summed E-state index contributed by atoms with van der Waals surface area (Å²) in [5.41, 5.74) is 10.3. The largest absolute Gasteiger partial charge is 0.344 e. The van der Waals surface area contributed by atoms with Gasteiger partial charge in [-0.3, -0.25) is 0 Å². The second kappa shape index (κ2) is 10.6. The van der Waals surface area contributed by atoms with Gasteiger partial charge in [-0.1, -0.05) is 44.6 Å². The van der Waals surface area contributed by atoms with Crippen LogP contribution in [0.15, 0.2) is 24.4 Å². The van der Waals surface area contributed by atoms with E-state index in [0.29, 0.717) is 6.04 Å². The van der Waals surface area contributed by atoms with Crippen LogP contribution in [-0.4, -0.2) is 24.2 Å². The number of benzene rings is 1. The smallest absolute Gasteiger partial charge is 0.0485 e. The van der Waals surface area contributed by atoms with Crippen LogP contribution in [0.25, 0.3) is 10.9 Å². The van der Waals surface area contributed by atoms with E-state index in [1.54, 1.807) is 16.5 Å². The lowest BCUT2D eigenvalue weighted by molar-refractivity contribution is 0.360. The zero-order valence-electron chi connectivity index (χ0n) is 18.3. The Hall–Kier alpha value is -1.32. The first-order valence-electron chi connectivity index (χ1n) is 12.4. The van der Waals surface area contributed by atoms with Crippen LogP contribution < -0.4 is 11.1 Å². The molecule has 3 nitrogen and oxygen atoms in total. The topological polar surface area (TPSA) is 43.0 Å². The summed E-state index contributed by atoms with van der Waals surface area (Å²) in [4.78, 5) is 0. The Kier molecular flexibility index (Phi) is 7.67. The summed E-state index contributed by atoms with van der Waals surface area (Å²) in [5.74, 6) is 0.789. The van der Waals surface area contributed by atoms with Crippen LogP contribution in [0.2, 0.25) is 0 Å². The van der Waals surface area contributed by atoms with E-state index in [4.69, 9.17) is 5.73 Å². The minimum absolute atomic E-state index is 0.711. The van der Waals surface area contributed by atoms with E-state index in [1.807, 2.05) is 0 Å². The van der Waals surface area contributed by atoms with Crippen LogP contribution in [0.3, 0.4) is 0 Å². The Morgan fingerprint density at radius 3 is 2.38 bits per heavy atom. The fourth-order valence-electron chi connectivity index (χ4n) is 5.65. The first kappa shape index (κ1) is 20.9. The minimum atomic E-state index is 0.711. The molecule has 0 spiro atoms. The standard InChI is InChI=1S/C26H41N3/c27-16-8-18-28-17-7-11-23-20-29(24-12-5-2-6-13-24)26-15-14-22(19-25(23)26)21-9-3-1-4-10-21/h14-15,19-21,24,28H,1-13,16-18,27H2. The van der Waals surface area contributed by atoms with Crippen molar-refractivity contribution in [1.29, 1.82) is 0 Å². The molecule has 1 heterocycles. The predicted octanol–water partition coefficient (Wildman–Crippen LogP) is 6.07. The van der Waals surface area contributed by atoms with Crippen molar-refractivity contribution < 1.29 is 0 Å². The molecular formula is C26H41N3. The number of aromatic nitrogens is 1. The molecule has 1 aromatic carbocycles. The molecule has 0 bridgehead atoms. The van der Waals surface area contributed by atoms with Gasteiger partial charge in [-0.05, 0) is 93.8 Å². The molecule has 0 aliphatic heterocycles. The molecule has 2 aromatic rings. The van der Waals surface area contributed by atoms with E-state index in [-0.39, 0.29) is 0 Å². The molecule has 29 heavy (non-hydrogen) atoms. The van der Waals surface area contributed by atoms with E-state index >= 15 is 0 Å². The van der Waals surface area contributed by atoms with Gasteiger partial charge in [-0.25, -0.2) is 0 Å². The van der Waals surface area contributed by atoms with Gasteiger partial charge in [0.2, 0.25) is 0 Å². The van der Waals surface area contributed by atoms with Gasteiger partial charge in [-0.2, -0.15) is 0 Å². The maximum Gasteiger partial charge on any atom is 0.0485 e. The molecule has 4 rings (SSSR count). The fourth-order valence-corrected chi connectivity index (χ4v) is 5.65. The lowest BCUT2D eigenvalue weighted by Crippen LogP contribution is -2.19. The van der Waals surface area contributed by atoms with Gasteiger partial charge in [-0.15, -0.1) is 0 Å². The number of nitrogens with zero attached hydrogens (tertiary/aromatic N) is 1. The van der Waals surface area contributed by atoms with Crippen LogP contribution in [-0.2, 0) is 6.42 Å². The SMILES string of the molecule is NCCCNCCCc1cn(C2CCCCC2)c2ccc(C3CCCCC3)cc12. The van der Waals surface area contributed by atoms with Crippen molar-refractivity contribution in [3.63, 3.8) is 0 Å². The highest BCUT2D eigenvalue weighted by atomic mass is 15.0. The number of hydrogen-bond donors (Lipinski definition) is 2. The van der Waals surface area contributed by atoms with Gasteiger partial charge in [0, 0.05) is 23.1 Å². The molecule has 2 aliphatic carbocycles. The van der Waals surface area contributed by atoms with Gasteiger partial charge < -0.3 is 15.6 Å². The molecule has 160 valence electrons. The third kappa shape index (κ3) is 5.24. The summed E-state index contributed by atoms with van der Waals surface area (Å²) < 4.78 is 2.65. The number of nitrogens with one attached hydrogen (secondary N) is 1. The number of nitrogens with two attached hydrogens (primary N) is 1. The second-order valence-corrected chi connectivity index (χ2v) is 9.46. The normalized spacial score (nSPS) is 19.2. The lowest BCUT2D eigenvalue weighted by atomic mass is 9.83. The van der Waals surface area contributed by atoms with Crippen molar-refractivity contribution in [3.05, 3.63) is 35.5 Å². The number of fused-ring (bicyclic) bond motifs is 1. The quantitative estimate of drug-likeness (QED) is 0.506. The molecule has 0 unspecified atom stereocenters. The van der Waals surface area contributed by atoms with Crippen molar-refractivity contribution in [3.8, 4) is 0 Å². The summed E-state index contributed by atoms with van der Waals surface area (Å²) in [6, 6.07) is 8.19. The predicted molar refractivity (Wildman–Crippen MR) is 125 cm³/mol. The third-order valence-electron chi connectivity index (χ3n) is 7.34. The second-order valence-electron chi connectivity index (χ2n) is 9.46. The summed E-state index contributed by atoms with van der Waals surface area (Å²) in [5, 5.41) is 5.09. The van der Waals surface area contributed by atoms with Gasteiger partial charge in [0.15, 0.2) is 0 Å². The van der Waals surface area contributed by atoms with E-state index in [0.717, 1.165) is 32.0 Å². The van der Waals surface area contributed by atoms with Crippen molar-refractivity contribution in [2.75, 3.05) is 19.6 Å². The first-order valence-corrected chi connectivity index (χ1v) is 12.4. The average molecular weight is 396 g/mol. The first-order chi connectivity index (χ1) is 14.4. The molecule has 0 saturated heterocycles. The molecule has 0 amide bonds. The molecule has 2 saturated carbocycles.